The number of ether oxygens (including phenoxy) is 2. The monoisotopic (exact) mass is 366 g/mol. The Bertz CT molecular complexity index is 937. The van der Waals surface area contributed by atoms with E-state index in [0.29, 0.717) is 22.7 Å². The van der Waals surface area contributed by atoms with E-state index in [1.54, 1.807) is 48.5 Å². The van der Waals surface area contributed by atoms with Crippen LogP contribution in [0.2, 0.25) is 0 Å². The predicted molar refractivity (Wildman–Crippen MR) is 99.6 cm³/mol. The van der Waals surface area contributed by atoms with E-state index >= 15 is 0 Å². The van der Waals surface area contributed by atoms with Gasteiger partial charge >= 0.3 is 6.03 Å². The molecule has 0 bridgehead atoms. The van der Waals surface area contributed by atoms with Crippen LogP contribution in [0.4, 0.5) is 10.5 Å². The van der Waals surface area contributed by atoms with Crippen molar-refractivity contribution in [3.8, 4) is 11.5 Å². The number of barbiturate groups is 1. The van der Waals surface area contributed by atoms with Gasteiger partial charge in [0, 0.05) is 18.7 Å². The molecule has 7 heteroatoms. The number of likely N-dealkylation sites (N-methyl/N-ethyl adjacent to an activating group) is 1. The molecular formula is C20H18N2O5. The number of carbonyl (C=O) groups excluding carboxylic acids is 3. The first kappa shape index (κ1) is 18.2. The van der Waals surface area contributed by atoms with Gasteiger partial charge < -0.3 is 9.47 Å². The summed E-state index contributed by atoms with van der Waals surface area (Å²) in [4.78, 5) is 39.9. The Hall–Kier alpha value is -3.61. The second-order valence-corrected chi connectivity index (χ2v) is 5.79. The SMILES string of the molecule is COc1ccc(C=C2C(=O)N(C)C(=O)N(c3ccccc3)C2=O)c(OC)c1. The quantitative estimate of drug-likeness (QED) is 0.614. The van der Waals surface area contributed by atoms with Gasteiger partial charge in [0.25, 0.3) is 11.8 Å². The Morgan fingerprint density at radius 3 is 2.22 bits per heavy atom. The van der Waals surface area contributed by atoms with E-state index < -0.39 is 17.8 Å². The fourth-order valence-electron chi connectivity index (χ4n) is 2.74. The number of anilines is 1. The van der Waals surface area contributed by atoms with Crippen molar-refractivity contribution < 1.29 is 23.9 Å². The third-order valence-corrected chi connectivity index (χ3v) is 4.20. The minimum atomic E-state index is -0.699. The van der Waals surface area contributed by atoms with Crippen molar-refractivity contribution in [3.05, 3.63) is 59.7 Å². The fourth-order valence-corrected chi connectivity index (χ4v) is 2.74. The van der Waals surface area contributed by atoms with Crippen LogP contribution in [0.1, 0.15) is 5.56 Å². The second-order valence-electron chi connectivity index (χ2n) is 5.79. The molecule has 0 spiro atoms. The Kier molecular flexibility index (Phi) is 4.94. The van der Waals surface area contributed by atoms with Crippen molar-refractivity contribution >= 4 is 29.6 Å². The van der Waals surface area contributed by atoms with Crippen LogP contribution in [-0.2, 0) is 9.59 Å². The fraction of sp³-hybridized carbons (Fsp3) is 0.150. The van der Waals surface area contributed by atoms with Gasteiger partial charge in [-0.25, -0.2) is 9.69 Å². The van der Waals surface area contributed by atoms with Gasteiger partial charge in [0.2, 0.25) is 0 Å². The molecule has 2 aromatic rings. The smallest absolute Gasteiger partial charge is 0.338 e. The van der Waals surface area contributed by atoms with Crippen LogP contribution in [-0.4, -0.2) is 44.0 Å². The molecule has 0 unspecified atom stereocenters. The summed E-state index contributed by atoms with van der Waals surface area (Å²) in [6.45, 7) is 0. The number of urea groups is 1. The lowest BCUT2D eigenvalue weighted by Gasteiger charge is -2.31. The van der Waals surface area contributed by atoms with Gasteiger partial charge in [0.15, 0.2) is 0 Å². The maximum atomic E-state index is 12.9. The molecule has 1 heterocycles. The number of rotatable bonds is 4. The second kappa shape index (κ2) is 7.33. The van der Waals surface area contributed by atoms with E-state index in [1.807, 2.05) is 0 Å². The van der Waals surface area contributed by atoms with Crippen molar-refractivity contribution in [2.45, 2.75) is 0 Å². The van der Waals surface area contributed by atoms with E-state index in [1.165, 1.54) is 27.3 Å². The number of carbonyl (C=O) groups is 3. The molecule has 1 aliphatic heterocycles. The van der Waals surface area contributed by atoms with Crippen LogP contribution in [0.15, 0.2) is 54.1 Å². The highest BCUT2D eigenvalue weighted by Crippen LogP contribution is 2.29. The van der Waals surface area contributed by atoms with Gasteiger partial charge in [0.1, 0.15) is 17.1 Å². The Labute approximate surface area is 156 Å². The zero-order valence-corrected chi connectivity index (χ0v) is 15.1. The number of methoxy groups -OCH3 is 2. The number of nitrogens with zero attached hydrogens (tertiary/aromatic N) is 2. The zero-order valence-electron chi connectivity index (χ0n) is 15.1. The predicted octanol–water partition coefficient (Wildman–Crippen LogP) is 2.71. The largest absolute Gasteiger partial charge is 0.497 e. The summed E-state index contributed by atoms with van der Waals surface area (Å²) < 4.78 is 10.5. The van der Waals surface area contributed by atoms with Crippen molar-refractivity contribution in [2.75, 3.05) is 26.2 Å². The molecular weight excluding hydrogens is 348 g/mol. The lowest BCUT2D eigenvalue weighted by Crippen LogP contribution is -2.55. The summed E-state index contributed by atoms with van der Waals surface area (Å²) >= 11 is 0. The van der Waals surface area contributed by atoms with Gasteiger partial charge in [-0.1, -0.05) is 18.2 Å². The summed E-state index contributed by atoms with van der Waals surface area (Å²) in [6.07, 6.45) is 1.42. The highest BCUT2D eigenvalue weighted by Gasteiger charge is 2.41. The van der Waals surface area contributed by atoms with Crippen LogP contribution >= 0.6 is 0 Å². The van der Waals surface area contributed by atoms with Crippen LogP contribution in [0.3, 0.4) is 0 Å². The van der Waals surface area contributed by atoms with E-state index in [9.17, 15) is 14.4 Å². The number of hydrogen-bond donors (Lipinski definition) is 0. The molecule has 7 nitrogen and oxygen atoms in total. The molecule has 0 aromatic heterocycles. The summed E-state index contributed by atoms with van der Waals surface area (Å²) in [6, 6.07) is 12.8. The molecule has 3 rings (SSSR count). The van der Waals surface area contributed by atoms with Crippen molar-refractivity contribution in [3.63, 3.8) is 0 Å². The van der Waals surface area contributed by atoms with Crippen LogP contribution in [0.25, 0.3) is 6.08 Å². The third kappa shape index (κ3) is 3.27. The van der Waals surface area contributed by atoms with Gasteiger partial charge in [0.05, 0.1) is 19.9 Å². The highest BCUT2D eigenvalue weighted by atomic mass is 16.5. The summed E-state index contributed by atoms with van der Waals surface area (Å²) in [5, 5.41) is 0. The summed E-state index contributed by atoms with van der Waals surface area (Å²) in [5.41, 5.74) is 0.773. The lowest BCUT2D eigenvalue weighted by molar-refractivity contribution is -0.128. The van der Waals surface area contributed by atoms with Crippen molar-refractivity contribution in [2.24, 2.45) is 0 Å². The molecule has 0 atom stereocenters. The van der Waals surface area contributed by atoms with Crippen molar-refractivity contribution in [1.29, 1.82) is 0 Å². The average molecular weight is 366 g/mol. The standard InChI is InChI=1S/C20H18N2O5/c1-21-18(23)16(11-13-9-10-15(26-2)12-17(13)27-3)19(24)22(20(21)25)14-7-5-4-6-8-14/h4-12H,1-3H3. The highest BCUT2D eigenvalue weighted by molar-refractivity contribution is 6.39. The van der Waals surface area contributed by atoms with Gasteiger partial charge in [-0.3, -0.25) is 14.5 Å². The molecule has 138 valence electrons. The molecule has 1 aliphatic rings. The number of para-hydroxylation sites is 1. The molecule has 0 N–H and O–H groups in total. The summed E-state index contributed by atoms with van der Waals surface area (Å²) in [7, 11) is 4.35. The number of imide groups is 2. The maximum Gasteiger partial charge on any atom is 0.338 e. The Morgan fingerprint density at radius 1 is 0.889 bits per heavy atom. The van der Waals surface area contributed by atoms with Gasteiger partial charge in [-0.2, -0.15) is 0 Å². The van der Waals surface area contributed by atoms with Gasteiger partial charge in [-0.05, 0) is 30.3 Å². The van der Waals surface area contributed by atoms with E-state index in [4.69, 9.17) is 9.47 Å². The van der Waals surface area contributed by atoms with Crippen LogP contribution in [0.5, 0.6) is 11.5 Å². The van der Waals surface area contributed by atoms with Gasteiger partial charge in [-0.15, -0.1) is 0 Å². The third-order valence-electron chi connectivity index (χ3n) is 4.20. The first-order chi connectivity index (χ1) is 13.0. The Morgan fingerprint density at radius 2 is 1.59 bits per heavy atom. The zero-order chi connectivity index (χ0) is 19.6. The molecule has 1 saturated heterocycles. The number of hydrogen-bond acceptors (Lipinski definition) is 5. The molecule has 0 aliphatic carbocycles. The van der Waals surface area contributed by atoms with E-state index in [0.717, 1.165) is 9.80 Å². The summed E-state index contributed by atoms with van der Waals surface area (Å²) in [5.74, 6) is -0.344. The van der Waals surface area contributed by atoms with E-state index in [-0.39, 0.29) is 5.57 Å². The first-order valence-corrected chi connectivity index (χ1v) is 8.13. The average Bonchev–Trinajstić information content (AvgIpc) is 2.70. The topological polar surface area (TPSA) is 76.2 Å². The molecule has 1 fully saturated rings. The van der Waals surface area contributed by atoms with Crippen LogP contribution in [0, 0.1) is 0 Å². The molecule has 27 heavy (non-hydrogen) atoms. The first-order valence-electron chi connectivity index (χ1n) is 8.13. The molecule has 0 saturated carbocycles. The normalized spacial score (nSPS) is 16.1. The lowest BCUT2D eigenvalue weighted by atomic mass is 10.0. The minimum Gasteiger partial charge on any atom is -0.497 e. The molecule has 4 amide bonds. The van der Waals surface area contributed by atoms with Crippen LogP contribution < -0.4 is 14.4 Å². The minimum absolute atomic E-state index is 0.135. The van der Waals surface area contributed by atoms with Crippen molar-refractivity contribution in [1.82, 2.24) is 4.90 Å². The number of amides is 4. The van der Waals surface area contributed by atoms with E-state index in [2.05, 4.69) is 0 Å². The molecule has 0 radical (unpaired) electrons. The number of benzene rings is 2. The molecule has 2 aromatic carbocycles. The Balaban J connectivity index is 2.09. The maximum absolute atomic E-state index is 12.9.